The number of hydrogen-bond acceptors (Lipinski definition) is 1. The van der Waals surface area contributed by atoms with Gasteiger partial charge in [0.25, 0.3) is 0 Å². The van der Waals surface area contributed by atoms with Crippen molar-refractivity contribution in [2.75, 3.05) is 0 Å². The van der Waals surface area contributed by atoms with Crippen molar-refractivity contribution in [2.24, 2.45) is 0 Å². The van der Waals surface area contributed by atoms with Gasteiger partial charge in [-0.2, -0.15) is 0 Å². The van der Waals surface area contributed by atoms with Crippen LogP contribution in [0.2, 0.25) is 5.02 Å². The number of halogens is 4. The van der Waals surface area contributed by atoms with Crippen LogP contribution in [-0.2, 0) is 6.54 Å². The van der Waals surface area contributed by atoms with Crippen molar-refractivity contribution in [1.82, 2.24) is 5.32 Å². The summed E-state index contributed by atoms with van der Waals surface area (Å²) in [7, 11) is 0. The molecular weight excluding hydrogens is 348 g/mol. The minimum atomic E-state index is -0.440. The van der Waals surface area contributed by atoms with E-state index in [1.54, 1.807) is 12.1 Å². The summed E-state index contributed by atoms with van der Waals surface area (Å²) in [6.45, 7) is 2.39. The van der Waals surface area contributed by atoms with E-state index in [4.69, 9.17) is 11.6 Å². The van der Waals surface area contributed by atoms with Crippen molar-refractivity contribution < 1.29 is 8.78 Å². The van der Waals surface area contributed by atoms with Gasteiger partial charge in [-0.25, -0.2) is 8.78 Å². The summed E-state index contributed by atoms with van der Waals surface area (Å²) in [6.07, 6.45) is 0. The lowest BCUT2D eigenvalue weighted by Crippen LogP contribution is -2.18. The van der Waals surface area contributed by atoms with Crippen LogP contribution in [0, 0.1) is 11.6 Å². The number of hydrogen-bond donors (Lipinski definition) is 1. The van der Waals surface area contributed by atoms with E-state index in [0.717, 1.165) is 15.6 Å². The molecule has 20 heavy (non-hydrogen) atoms. The molecule has 1 atom stereocenters. The highest BCUT2D eigenvalue weighted by molar-refractivity contribution is 9.10. The van der Waals surface area contributed by atoms with Crippen LogP contribution in [0.15, 0.2) is 40.9 Å². The molecule has 0 aliphatic carbocycles. The Balaban J connectivity index is 2.06. The van der Waals surface area contributed by atoms with Gasteiger partial charge in [0.1, 0.15) is 11.6 Å². The summed E-state index contributed by atoms with van der Waals surface area (Å²) in [5.74, 6) is -0.722. The largest absolute Gasteiger partial charge is 0.306 e. The monoisotopic (exact) mass is 359 g/mol. The molecule has 5 heteroatoms. The summed E-state index contributed by atoms with van der Waals surface area (Å²) in [5.41, 5.74) is 1.60. The molecule has 0 saturated carbocycles. The SMILES string of the molecule is CC(NCc1cc(F)ccc1Br)c1ccc(Cl)c(F)c1. The van der Waals surface area contributed by atoms with E-state index < -0.39 is 5.82 Å². The first-order valence-electron chi connectivity index (χ1n) is 6.09. The van der Waals surface area contributed by atoms with Crippen molar-refractivity contribution >= 4 is 27.5 Å². The maximum Gasteiger partial charge on any atom is 0.142 e. The van der Waals surface area contributed by atoms with Gasteiger partial charge in [-0.05, 0) is 48.4 Å². The molecule has 1 nitrogen and oxygen atoms in total. The van der Waals surface area contributed by atoms with Crippen LogP contribution in [0.5, 0.6) is 0 Å². The molecule has 0 aromatic heterocycles. The van der Waals surface area contributed by atoms with E-state index in [1.165, 1.54) is 24.3 Å². The second kappa shape index (κ2) is 6.66. The Hall–Kier alpha value is -0.970. The van der Waals surface area contributed by atoms with Crippen LogP contribution in [-0.4, -0.2) is 0 Å². The second-order valence-electron chi connectivity index (χ2n) is 4.51. The standard InChI is InChI=1S/C15H13BrClF2N/c1-9(10-2-5-14(17)15(19)7-10)20-8-11-6-12(18)3-4-13(11)16/h2-7,9,20H,8H2,1H3. The van der Waals surface area contributed by atoms with Gasteiger partial charge in [0, 0.05) is 17.1 Å². The Morgan fingerprint density at radius 1 is 1.20 bits per heavy atom. The highest BCUT2D eigenvalue weighted by atomic mass is 79.9. The first-order valence-corrected chi connectivity index (χ1v) is 7.26. The average Bonchev–Trinajstić information content (AvgIpc) is 2.42. The quantitative estimate of drug-likeness (QED) is 0.787. The molecule has 1 N–H and O–H groups in total. The molecule has 0 saturated heterocycles. The fourth-order valence-corrected chi connectivity index (χ4v) is 2.35. The second-order valence-corrected chi connectivity index (χ2v) is 5.77. The first-order chi connectivity index (χ1) is 9.47. The Kier molecular flexibility index (Phi) is 5.13. The highest BCUT2D eigenvalue weighted by Gasteiger charge is 2.09. The van der Waals surface area contributed by atoms with E-state index in [0.29, 0.717) is 6.54 Å². The van der Waals surface area contributed by atoms with Gasteiger partial charge in [0.15, 0.2) is 0 Å². The van der Waals surface area contributed by atoms with Crippen LogP contribution in [0.25, 0.3) is 0 Å². The van der Waals surface area contributed by atoms with Gasteiger partial charge in [0.2, 0.25) is 0 Å². The molecule has 0 aliphatic rings. The van der Waals surface area contributed by atoms with E-state index in [9.17, 15) is 8.78 Å². The van der Waals surface area contributed by atoms with Gasteiger partial charge in [-0.3, -0.25) is 0 Å². The fourth-order valence-electron chi connectivity index (χ4n) is 1.84. The summed E-state index contributed by atoms with van der Waals surface area (Å²) in [6, 6.07) is 9.15. The summed E-state index contributed by atoms with van der Waals surface area (Å²) >= 11 is 9.03. The lowest BCUT2D eigenvalue weighted by Gasteiger charge is -2.15. The molecule has 0 heterocycles. The number of rotatable bonds is 4. The highest BCUT2D eigenvalue weighted by Crippen LogP contribution is 2.22. The zero-order valence-electron chi connectivity index (χ0n) is 10.8. The molecule has 0 bridgehead atoms. The van der Waals surface area contributed by atoms with E-state index in [2.05, 4.69) is 21.2 Å². The van der Waals surface area contributed by atoms with Gasteiger partial charge in [0.05, 0.1) is 5.02 Å². The molecule has 2 aromatic carbocycles. The predicted molar refractivity (Wildman–Crippen MR) is 80.8 cm³/mol. The molecule has 2 aromatic rings. The van der Waals surface area contributed by atoms with Crippen LogP contribution >= 0.6 is 27.5 Å². The smallest absolute Gasteiger partial charge is 0.142 e. The average molecular weight is 361 g/mol. The Morgan fingerprint density at radius 2 is 1.95 bits per heavy atom. The molecule has 0 amide bonds. The summed E-state index contributed by atoms with van der Waals surface area (Å²) in [4.78, 5) is 0. The van der Waals surface area contributed by atoms with Crippen LogP contribution < -0.4 is 5.32 Å². The summed E-state index contributed by atoms with van der Waals surface area (Å²) < 4.78 is 27.4. The van der Waals surface area contributed by atoms with Gasteiger partial charge >= 0.3 is 0 Å². The Labute approximate surface area is 130 Å². The van der Waals surface area contributed by atoms with Crippen molar-refractivity contribution in [2.45, 2.75) is 19.5 Å². The number of nitrogens with one attached hydrogen (secondary N) is 1. The fraction of sp³-hybridized carbons (Fsp3) is 0.200. The molecule has 1 unspecified atom stereocenters. The first kappa shape index (κ1) is 15.4. The molecule has 2 rings (SSSR count). The third-order valence-electron chi connectivity index (χ3n) is 3.05. The Morgan fingerprint density at radius 3 is 2.65 bits per heavy atom. The normalized spacial score (nSPS) is 12.4. The van der Waals surface area contributed by atoms with Gasteiger partial charge < -0.3 is 5.32 Å². The predicted octanol–water partition coefficient (Wildman–Crippen LogP) is 5.23. The van der Waals surface area contributed by atoms with Crippen LogP contribution in [0.3, 0.4) is 0 Å². The number of benzene rings is 2. The van der Waals surface area contributed by atoms with E-state index in [1.807, 2.05) is 6.92 Å². The summed E-state index contributed by atoms with van der Waals surface area (Å²) in [5, 5.41) is 3.33. The molecule has 0 radical (unpaired) electrons. The Bertz CT molecular complexity index is 619. The van der Waals surface area contributed by atoms with Gasteiger partial charge in [-0.1, -0.05) is 33.6 Å². The minimum Gasteiger partial charge on any atom is -0.306 e. The zero-order valence-corrected chi connectivity index (χ0v) is 13.1. The molecular formula is C15H13BrClF2N. The maximum absolute atomic E-state index is 13.4. The molecule has 0 aliphatic heterocycles. The van der Waals surface area contributed by atoms with Crippen molar-refractivity contribution in [3.8, 4) is 0 Å². The van der Waals surface area contributed by atoms with Crippen molar-refractivity contribution in [1.29, 1.82) is 0 Å². The zero-order chi connectivity index (χ0) is 14.7. The lowest BCUT2D eigenvalue weighted by atomic mass is 10.1. The minimum absolute atomic E-state index is 0.0723. The van der Waals surface area contributed by atoms with E-state index in [-0.39, 0.29) is 16.9 Å². The molecule has 0 fully saturated rings. The lowest BCUT2D eigenvalue weighted by molar-refractivity contribution is 0.560. The van der Waals surface area contributed by atoms with E-state index >= 15 is 0 Å². The van der Waals surface area contributed by atoms with Crippen molar-refractivity contribution in [3.63, 3.8) is 0 Å². The maximum atomic E-state index is 13.4. The third kappa shape index (κ3) is 3.78. The van der Waals surface area contributed by atoms with Crippen molar-refractivity contribution in [3.05, 3.63) is 68.7 Å². The van der Waals surface area contributed by atoms with Gasteiger partial charge in [-0.15, -0.1) is 0 Å². The van der Waals surface area contributed by atoms with Crippen LogP contribution in [0.4, 0.5) is 8.78 Å². The third-order valence-corrected chi connectivity index (χ3v) is 4.13. The van der Waals surface area contributed by atoms with Crippen LogP contribution in [0.1, 0.15) is 24.1 Å². The topological polar surface area (TPSA) is 12.0 Å². The molecule has 106 valence electrons. The molecule has 0 spiro atoms.